The minimum Gasteiger partial charge on any atom is -0.508 e. The van der Waals surface area contributed by atoms with E-state index in [4.69, 9.17) is 4.74 Å². The van der Waals surface area contributed by atoms with Gasteiger partial charge >= 0.3 is 5.69 Å². The van der Waals surface area contributed by atoms with Crippen LogP contribution in [0.15, 0.2) is 105 Å². The number of likely N-dealkylation sites (N-methyl/N-ethyl adjacent to an activating group) is 1. The molecule has 2 aromatic heterocycles. The maximum atomic E-state index is 14.4. The van der Waals surface area contributed by atoms with Crippen molar-refractivity contribution >= 4 is 17.8 Å². The smallest absolute Gasteiger partial charge is 0.337 e. The average Bonchev–Trinajstić information content (AvgIpc) is 3.15. The van der Waals surface area contributed by atoms with Crippen LogP contribution in [0.25, 0.3) is 27.8 Å². The first-order valence-electron chi connectivity index (χ1n) is 17.8. The van der Waals surface area contributed by atoms with E-state index in [0.717, 1.165) is 48.6 Å². The molecule has 0 unspecified atom stereocenters. The first-order valence-corrected chi connectivity index (χ1v) is 17.8. The van der Waals surface area contributed by atoms with Crippen molar-refractivity contribution < 1.29 is 18.6 Å². The molecule has 0 saturated heterocycles. The van der Waals surface area contributed by atoms with Gasteiger partial charge in [-0.25, -0.2) is 23.1 Å². The molecule has 6 rings (SSSR count). The normalized spacial score (nSPS) is 17.3. The molecule has 1 saturated carbocycles. The molecular formula is C40H47F2N7O4. The van der Waals surface area contributed by atoms with Crippen LogP contribution >= 0.6 is 0 Å². The molecule has 2 aromatic carbocycles. The number of aliphatic imine (C=N–C) groups is 1. The van der Waals surface area contributed by atoms with Gasteiger partial charge in [-0.3, -0.25) is 14.4 Å². The van der Waals surface area contributed by atoms with Crippen molar-refractivity contribution in [1.82, 2.24) is 29.7 Å². The standard InChI is InChI=1S/C35H34F2N6O3.C5H13NO/c1-22-15-30(44)12-13-31(22)23-5-3-7-29(16-23)42-33-32(17-25(37)18-40-33)34(45)43(35(42)46)28-10-8-26(9-11-28)39-19-27(38-2)21-41-14-4-6-24(36)20-41;1-3-6-4-5-7-2/h3-7,12-13,15-18,20-21,26,28,39,44H,2,8-11,14,19H2,1H3;6H,3-5H2,1-2H3/b27-21-;. The fourth-order valence-corrected chi connectivity index (χ4v) is 6.62. The Kier molecular flexibility index (Phi) is 13.6. The number of halogens is 2. The highest BCUT2D eigenvalue weighted by molar-refractivity contribution is 5.77. The Morgan fingerprint density at radius 3 is 2.62 bits per heavy atom. The van der Waals surface area contributed by atoms with Gasteiger partial charge < -0.3 is 25.4 Å². The molecule has 0 amide bonds. The Balaban J connectivity index is 0.000000705. The largest absolute Gasteiger partial charge is 0.508 e. The highest BCUT2D eigenvalue weighted by Crippen LogP contribution is 2.30. The molecule has 3 heterocycles. The lowest BCUT2D eigenvalue weighted by molar-refractivity contribution is 0.200. The van der Waals surface area contributed by atoms with Crippen LogP contribution in [-0.4, -0.2) is 76.8 Å². The van der Waals surface area contributed by atoms with Crippen molar-refractivity contribution in [2.24, 2.45) is 4.99 Å². The van der Waals surface area contributed by atoms with Gasteiger partial charge in [-0.05, 0) is 99.0 Å². The lowest BCUT2D eigenvalue weighted by atomic mass is 9.91. The number of fused-ring (bicyclic) bond motifs is 1. The average molecular weight is 728 g/mol. The number of phenols is 1. The van der Waals surface area contributed by atoms with Crippen molar-refractivity contribution in [3.05, 3.63) is 123 Å². The second-order valence-electron chi connectivity index (χ2n) is 13.0. The third-order valence-electron chi connectivity index (χ3n) is 9.28. The second-order valence-corrected chi connectivity index (χ2v) is 13.0. The van der Waals surface area contributed by atoms with E-state index < -0.39 is 17.1 Å². The zero-order chi connectivity index (χ0) is 37.9. The fraction of sp³-hybridized carbons (Fsp3) is 0.350. The van der Waals surface area contributed by atoms with Crippen LogP contribution in [0.1, 0.15) is 44.2 Å². The zero-order valence-electron chi connectivity index (χ0n) is 30.4. The number of hydrogen-bond acceptors (Lipinski definition) is 9. The summed E-state index contributed by atoms with van der Waals surface area (Å²) in [6.07, 6.45) is 9.78. The van der Waals surface area contributed by atoms with Crippen LogP contribution < -0.4 is 21.9 Å². The van der Waals surface area contributed by atoms with Gasteiger partial charge in [-0.1, -0.05) is 31.2 Å². The quantitative estimate of drug-likeness (QED) is 0.122. The van der Waals surface area contributed by atoms with Gasteiger partial charge in [-0.15, -0.1) is 0 Å². The summed E-state index contributed by atoms with van der Waals surface area (Å²) in [7, 11) is 1.71. The maximum absolute atomic E-state index is 14.4. The topological polar surface area (TPSA) is 126 Å². The van der Waals surface area contributed by atoms with Gasteiger partial charge in [0.25, 0.3) is 5.56 Å². The lowest BCUT2D eigenvalue weighted by Crippen LogP contribution is -2.44. The van der Waals surface area contributed by atoms with Gasteiger partial charge in [0, 0.05) is 51.2 Å². The molecule has 0 spiro atoms. The molecule has 2 aliphatic rings. The van der Waals surface area contributed by atoms with E-state index in [2.05, 4.69) is 34.3 Å². The number of allylic oxidation sites excluding steroid dienone is 2. The fourth-order valence-electron chi connectivity index (χ4n) is 6.62. The Bertz CT molecular complexity index is 2110. The van der Waals surface area contributed by atoms with Crippen molar-refractivity contribution in [3.63, 3.8) is 0 Å². The Morgan fingerprint density at radius 2 is 1.92 bits per heavy atom. The highest BCUT2D eigenvalue weighted by atomic mass is 19.1. The van der Waals surface area contributed by atoms with Crippen molar-refractivity contribution in [1.29, 1.82) is 0 Å². The number of pyridine rings is 1. The number of aryl methyl sites for hydroxylation is 1. The maximum Gasteiger partial charge on any atom is 0.337 e. The number of ether oxygens (including phenoxy) is 1. The zero-order valence-corrected chi connectivity index (χ0v) is 30.4. The molecule has 3 N–H and O–H groups in total. The van der Waals surface area contributed by atoms with E-state index in [-0.39, 0.29) is 34.7 Å². The molecule has 1 fully saturated rings. The first-order chi connectivity index (χ1) is 25.6. The Morgan fingerprint density at radius 1 is 1.13 bits per heavy atom. The minimum absolute atomic E-state index is 0.0240. The molecule has 53 heavy (non-hydrogen) atoms. The number of nitrogens with zero attached hydrogens (tertiary/aromatic N) is 5. The molecule has 0 radical (unpaired) electrons. The van der Waals surface area contributed by atoms with E-state index in [1.807, 2.05) is 19.1 Å². The monoisotopic (exact) mass is 727 g/mol. The van der Waals surface area contributed by atoms with Crippen molar-refractivity contribution in [2.45, 2.75) is 51.6 Å². The summed E-state index contributed by atoms with van der Waals surface area (Å²) in [6.45, 7) is 11.4. The van der Waals surface area contributed by atoms with E-state index in [0.29, 0.717) is 50.2 Å². The summed E-state index contributed by atoms with van der Waals surface area (Å²) in [5.74, 6) is -0.846. The summed E-state index contributed by atoms with van der Waals surface area (Å²) in [4.78, 5) is 37.9. The van der Waals surface area contributed by atoms with E-state index in [1.54, 1.807) is 54.6 Å². The molecule has 13 heteroatoms. The number of hydrogen-bond donors (Lipinski definition) is 3. The summed E-state index contributed by atoms with van der Waals surface area (Å²) < 4.78 is 35.4. The van der Waals surface area contributed by atoms with Crippen molar-refractivity contribution in [3.8, 4) is 22.6 Å². The molecule has 1 aliphatic carbocycles. The van der Waals surface area contributed by atoms with E-state index in [1.165, 1.54) is 21.4 Å². The number of rotatable bonds is 12. The predicted molar refractivity (Wildman–Crippen MR) is 206 cm³/mol. The summed E-state index contributed by atoms with van der Waals surface area (Å²) >= 11 is 0. The predicted octanol–water partition coefficient (Wildman–Crippen LogP) is 5.91. The molecule has 11 nitrogen and oxygen atoms in total. The lowest BCUT2D eigenvalue weighted by Gasteiger charge is -2.30. The summed E-state index contributed by atoms with van der Waals surface area (Å²) in [5, 5.41) is 16.5. The Hall–Kier alpha value is -5.24. The number of benzene rings is 2. The number of aromatic nitrogens is 3. The van der Waals surface area contributed by atoms with Crippen LogP contribution in [0.4, 0.5) is 8.78 Å². The molecule has 1 aliphatic heterocycles. The first kappa shape index (κ1) is 39.0. The molecule has 0 bridgehead atoms. The summed E-state index contributed by atoms with van der Waals surface area (Å²) in [6, 6.07) is 13.2. The minimum atomic E-state index is -0.666. The van der Waals surface area contributed by atoms with Gasteiger partial charge in [0.15, 0.2) is 5.65 Å². The van der Waals surface area contributed by atoms with E-state index >= 15 is 0 Å². The van der Waals surface area contributed by atoms with Crippen LogP contribution in [0.2, 0.25) is 0 Å². The third-order valence-corrected chi connectivity index (χ3v) is 9.28. The SMILES string of the molecule is C=N/C(=C\N1C=C(F)C=CC1)CNC1CCC(n2c(=O)c3cc(F)cnc3n(-c3cccc(-c4ccc(O)cc4C)c3)c2=O)CC1.CCNCCOC. The molecule has 4 aromatic rings. The molecular weight excluding hydrogens is 680 g/mol. The second kappa shape index (κ2) is 18.5. The third kappa shape index (κ3) is 9.80. The molecule has 0 atom stereocenters. The van der Waals surface area contributed by atoms with Gasteiger partial charge in [0.1, 0.15) is 17.4 Å². The number of aromatic hydroxyl groups is 1. The van der Waals surface area contributed by atoms with Crippen molar-refractivity contribution in [2.75, 3.05) is 39.9 Å². The van der Waals surface area contributed by atoms with Gasteiger partial charge in [-0.2, -0.15) is 0 Å². The Labute approximate surface area is 307 Å². The summed E-state index contributed by atoms with van der Waals surface area (Å²) in [5.41, 5.74) is 2.65. The van der Waals surface area contributed by atoms with Gasteiger partial charge in [0.05, 0.1) is 29.6 Å². The highest BCUT2D eigenvalue weighted by Gasteiger charge is 2.27. The van der Waals surface area contributed by atoms with Crippen LogP contribution in [0.3, 0.4) is 0 Å². The van der Waals surface area contributed by atoms with Gasteiger partial charge in [0.2, 0.25) is 0 Å². The molecule has 280 valence electrons. The van der Waals surface area contributed by atoms with Crippen LogP contribution in [0, 0.1) is 12.7 Å². The number of phenolic OH excluding ortho intramolecular Hbond substituents is 1. The number of methoxy groups -OCH3 is 1. The number of nitrogens with one attached hydrogen (secondary N) is 2. The van der Waals surface area contributed by atoms with E-state index in [9.17, 15) is 23.5 Å². The van der Waals surface area contributed by atoms with Crippen LogP contribution in [0.5, 0.6) is 5.75 Å². The van der Waals surface area contributed by atoms with Crippen LogP contribution in [-0.2, 0) is 4.74 Å².